The molecular weight excluding hydrogens is 337 g/mol. The summed E-state index contributed by atoms with van der Waals surface area (Å²) in [6.45, 7) is 0. The predicted octanol–water partition coefficient (Wildman–Crippen LogP) is 3.12. The van der Waals surface area contributed by atoms with Crippen molar-refractivity contribution < 1.29 is 22.4 Å². The van der Waals surface area contributed by atoms with Crippen molar-refractivity contribution in [3.8, 4) is 23.1 Å². The van der Waals surface area contributed by atoms with Crippen LogP contribution in [0.25, 0.3) is 17.0 Å². The molecule has 3 aromatic rings. The zero-order valence-corrected chi connectivity index (χ0v) is 12.4. The van der Waals surface area contributed by atoms with Crippen molar-refractivity contribution in [2.45, 2.75) is 6.18 Å². The van der Waals surface area contributed by atoms with E-state index in [-0.39, 0.29) is 22.7 Å². The molecule has 2 N–H and O–H groups in total. The minimum Gasteiger partial charge on any atom is -0.446 e. The molecule has 1 amide bonds. The normalized spacial score (nSPS) is 11.3. The van der Waals surface area contributed by atoms with Gasteiger partial charge in [-0.3, -0.25) is 4.79 Å². The molecule has 2 aromatic heterocycles. The van der Waals surface area contributed by atoms with Crippen LogP contribution >= 0.6 is 0 Å². The smallest absolute Gasteiger partial charge is 0.417 e. The molecule has 126 valence electrons. The van der Waals surface area contributed by atoms with Crippen LogP contribution in [0.5, 0.6) is 0 Å². The fourth-order valence-corrected chi connectivity index (χ4v) is 2.38. The third-order valence-corrected chi connectivity index (χ3v) is 3.49. The van der Waals surface area contributed by atoms with Gasteiger partial charge in [0.05, 0.1) is 29.7 Å². The summed E-state index contributed by atoms with van der Waals surface area (Å²) >= 11 is 0. The molecule has 0 saturated heterocycles. The van der Waals surface area contributed by atoms with Crippen LogP contribution in [0.3, 0.4) is 0 Å². The number of primary amides is 1. The molecule has 1 aromatic carbocycles. The van der Waals surface area contributed by atoms with Crippen molar-refractivity contribution in [3.05, 3.63) is 59.6 Å². The highest BCUT2D eigenvalue weighted by Crippen LogP contribution is 2.36. The maximum absolute atomic E-state index is 13.1. The number of rotatable bonds is 3. The molecule has 2 heterocycles. The van der Waals surface area contributed by atoms with E-state index in [4.69, 9.17) is 15.4 Å². The highest BCUT2D eigenvalue weighted by atomic mass is 19.4. The largest absolute Gasteiger partial charge is 0.446 e. The number of hydrogen-bond acceptors (Lipinski definition) is 4. The highest BCUT2D eigenvalue weighted by molar-refractivity contribution is 5.91. The Kier molecular flexibility index (Phi) is 3.81. The fourth-order valence-electron chi connectivity index (χ4n) is 2.38. The van der Waals surface area contributed by atoms with Crippen LogP contribution in [0.4, 0.5) is 13.2 Å². The average Bonchev–Trinajstić information content (AvgIpc) is 3.21. The number of benzene rings is 1. The van der Waals surface area contributed by atoms with E-state index < -0.39 is 23.2 Å². The quantitative estimate of drug-likeness (QED) is 0.788. The Balaban J connectivity index is 2.17. The first-order valence-corrected chi connectivity index (χ1v) is 6.86. The van der Waals surface area contributed by atoms with Gasteiger partial charge in [-0.25, -0.2) is 0 Å². The Morgan fingerprint density at radius 3 is 2.68 bits per heavy atom. The standard InChI is InChI=1S/C16H9F3N4O2/c17-16(18,19)12-7-9(1-2-10(12)8-20)11-4-6-25-15(11)23-13(14(21)24)3-5-22-23/h1-7H,(H2,21,24). The third kappa shape index (κ3) is 2.85. The minimum atomic E-state index is -4.69. The predicted molar refractivity (Wildman–Crippen MR) is 79.5 cm³/mol. The number of halogens is 3. The Bertz CT molecular complexity index is 995. The molecule has 6 nitrogen and oxygen atoms in total. The summed E-state index contributed by atoms with van der Waals surface area (Å²) in [5.41, 5.74) is 4.13. The lowest BCUT2D eigenvalue weighted by Gasteiger charge is -2.11. The zero-order valence-electron chi connectivity index (χ0n) is 12.4. The Morgan fingerprint density at radius 1 is 1.28 bits per heavy atom. The van der Waals surface area contributed by atoms with E-state index in [0.717, 1.165) is 16.8 Å². The van der Waals surface area contributed by atoms with Gasteiger partial charge in [0.25, 0.3) is 5.91 Å². The van der Waals surface area contributed by atoms with Crippen LogP contribution in [0.2, 0.25) is 0 Å². The second kappa shape index (κ2) is 5.83. The van der Waals surface area contributed by atoms with E-state index in [1.807, 2.05) is 0 Å². The number of hydrogen-bond donors (Lipinski definition) is 1. The fraction of sp³-hybridized carbons (Fsp3) is 0.0625. The molecule has 0 saturated carbocycles. The average molecular weight is 346 g/mol. The first-order valence-electron chi connectivity index (χ1n) is 6.86. The molecule has 0 atom stereocenters. The van der Waals surface area contributed by atoms with Crippen molar-refractivity contribution in [1.82, 2.24) is 9.78 Å². The number of aromatic nitrogens is 2. The van der Waals surface area contributed by atoms with Gasteiger partial charge in [-0.2, -0.15) is 28.2 Å². The maximum atomic E-state index is 13.1. The zero-order chi connectivity index (χ0) is 18.2. The number of nitriles is 1. The lowest BCUT2D eigenvalue weighted by atomic mass is 10.0. The summed E-state index contributed by atoms with van der Waals surface area (Å²) < 4.78 is 45.8. The number of nitrogens with two attached hydrogens (primary N) is 1. The van der Waals surface area contributed by atoms with E-state index >= 15 is 0 Å². The summed E-state index contributed by atoms with van der Waals surface area (Å²) in [4.78, 5) is 11.4. The maximum Gasteiger partial charge on any atom is 0.417 e. The monoisotopic (exact) mass is 346 g/mol. The molecule has 25 heavy (non-hydrogen) atoms. The van der Waals surface area contributed by atoms with Gasteiger partial charge in [0, 0.05) is 5.56 Å². The van der Waals surface area contributed by atoms with Crippen molar-refractivity contribution in [2.24, 2.45) is 5.73 Å². The van der Waals surface area contributed by atoms with Crippen molar-refractivity contribution in [1.29, 1.82) is 5.26 Å². The lowest BCUT2D eigenvalue weighted by Crippen LogP contribution is -2.16. The van der Waals surface area contributed by atoms with Gasteiger partial charge in [0.15, 0.2) is 0 Å². The number of furan rings is 1. The van der Waals surface area contributed by atoms with E-state index in [1.165, 1.54) is 36.7 Å². The third-order valence-electron chi connectivity index (χ3n) is 3.49. The van der Waals surface area contributed by atoms with Crippen molar-refractivity contribution in [2.75, 3.05) is 0 Å². The first-order chi connectivity index (χ1) is 11.8. The molecule has 0 radical (unpaired) electrons. The van der Waals surface area contributed by atoms with Gasteiger partial charge in [-0.05, 0) is 29.8 Å². The van der Waals surface area contributed by atoms with Gasteiger partial charge in [-0.15, -0.1) is 0 Å². The molecule has 0 aliphatic carbocycles. The molecular formula is C16H9F3N4O2. The molecule has 3 rings (SSSR count). The number of nitrogens with zero attached hydrogens (tertiary/aromatic N) is 3. The number of carbonyl (C=O) groups excluding carboxylic acids is 1. The molecule has 0 fully saturated rings. The molecule has 0 unspecified atom stereocenters. The van der Waals surface area contributed by atoms with Gasteiger partial charge < -0.3 is 10.2 Å². The number of carbonyl (C=O) groups is 1. The molecule has 0 bridgehead atoms. The number of amides is 1. The van der Waals surface area contributed by atoms with Crippen LogP contribution in [-0.2, 0) is 6.18 Å². The van der Waals surface area contributed by atoms with Gasteiger partial charge in [0.1, 0.15) is 5.69 Å². The van der Waals surface area contributed by atoms with Crippen molar-refractivity contribution in [3.63, 3.8) is 0 Å². The first kappa shape index (κ1) is 16.3. The molecule has 0 spiro atoms. The van der Waals surface area contributed by atoms with Crippen LogP contribution in [0, 0.1) is 11.3 Å². The Hall–Kier alpha value is -3.54. The summed E-state index contributed by atoms with van der Waals surface area (Å²) in [7, 11) is 0. The Morgan fingerprint density at radius 2 is 2.04 bits per heavy atom. The second-order valence-corrected chi connectivity index (χ2v) is 5.00. The van der Waals surface area contributed by atoms with Crippen LogP contribution in [0.1, 0.15) is 21.6 Å². The summed E-state index contributed by atoms with van der Waals surface area (Å²) in [6.07, 6.45) is -2.12. The summed E-state index contributed by atoms with van der Waals surface area (Å²) in [5.74, 6) is -0.729. The second-order valence-electron chi connectivity index (χ2n) is 5.00. The SMILES string of the molecule is N#Cc1ccc(-c2ccoc2-n2nccc2C(N)=O)cc1C(F)(F)F. The topological polar surface area (TPSA) is 97.8 Å². The minimum absolute atomic E-state index is 0.0147. The van der Waals surface area contributed by atoms with E-state index in [2.05, 4.69) is 5.10 Å². The van der Waals surface area contributed by atoms with Gasteiger partial charge in [0.2, 0.25) is 5.88 Å². The summed E-state index contributed by atoms with van der Waals surface area (Å²) in [5, 5.41) is 12.8. The molecule has 0 aliphatic heterocycles. The summed E-state index contributed by atoms with van der Waals surface area (Å²) in [6, 6.07) is 7.59. The van der Waals surface area contributed by atoms with E-state index in [1.54, 1.807) is 0 Å². The van der Waals surface area contributed by atoms with Crippen LogP contribution in [-0.4, -0.2) is 15.7 Å². The van der Waals surface area contributed by atoms with Crippen molar-refractivity contribution >= 4 is 5.91 Å². The molecule has 9 heteroatoms. The Labute approximate surface area is 138 Å². The van der Waals surface area contributed by atoms with E-state index in [9.17, 15) is 18.0 Å². The van der Waals surface area contributed by atoms with Crippen LogP contribution in [0.15, 0.2) is 47.2 Å². The van der Waals surface area contributed by atoms with Gasteiger partial charge in [-0.1, -0.05) is 6.07 Å². The van der Waals surface area contributed by atoms with E-state index in [0.29, 0.717) is 0 Å². The molecule has 0 aliphatic rings. The van der Waals surface area contributed by atoms with Gasteiger partial charge >= 0.3 is 6.18 Å². The van der Waals surface area contributed by atoms with Crippen LogP contribution < -0.4 is 5.73 Å². The number of alkyl halides is 3. The lowest BCUT2D eigenvalue weighted by molar-refractivity contribution is -0.137. The highest BCUT2D eigenvalue weighted by Gasteiger charge is 2.34.